The molecule has 1 aromatic carbocycles. The Labute approximate surface area is 143 Å². The summed E-state index contributed by atoms with van der Waals surface area (Å²) >= 11 is 0. The summed E-state index contributed by atoms with van der Waals surface area (Å²) in [6, 6.07) is 9.20. The molecule has 2 heterocycles. The van der Waals surface area contributed by atoms with Crippen LogP contribution < -0.4 is 0 Å². The van der Waals surface area contributed by atoms with Crippen LogP contribution in [-0.2, 0) is 11.2 Å². The second-order valence-electron chi connectivity index (χ2n) is 7.23. The van der Waals surface area contributed by atoms with Crippen LogP contribution in [0.4, 0.5) is 0 Å². The number of fused-ring (bicyclic) bond motifs is 1. The zero-order valence-electron chi connectivity index (χ0n) is 14.5. The number of piperidine rings is 1. The molecule has 2 aliphatic rings. The number of hydrogen-bond donors (Lipinski definition) is 1. The van der Waals surface area contributed by atoms with Crippen molar-refractivity contribution in [3.05, 3.63) is 36.0 Å². The quantitative estimate of drug-likeness (QED) is 0.917. The summed E-state index contributed by atoms with van der Waals surface area (Å²) in [5, 5.41) is 1.18. The molecular formula is C20H27N3O. The molecule has 4 nitrogen and oxygen atoms in total. The lowest BCUT2D eigenvalue weighted by atomic mass is 10.0. The summed E-state index contributed by atoms with van der Waals surface area (Å²) in [5.74, 6) is 0.317. The second kappa shape index (κ2) is 6.60. The monoisotopic (exact) mass is 325 g/mol. The Morgan fingerprint density at radius 1 is 1.17 bits per heavy atom. The number of rotatable bonds is 5. The fraction of sp³-hybridized carbons (Fsp3) is 0.550. The van der Waals surface area contributed by atoms with Crippen molar-refractivity contribution in [1.29, 1.82) is 0 Å². The standard InChI is InChI=1S/C20H27N3O/c1-2-22-11-9-17(10-12-22)23(16-7-8-16)20(24)13-15-14-21-19-6-4-3-5-18(15)19/h3-6,14,16-17,21H,2,7-13H2,1H3. The smallest absolute Gasteiger partial charge is 0.227 e. The van der Waals surface area contributed by atoms with Crippen molar-refractivity contribution >= 4 is 16.8 Å². The van der Waals surface area contributed by atoms with Crippen molar-refractivity contribution in [2.75, 3.05) is 19.6 Å². The zero-order chi connectivity index (χ0) is 16.5. The minimum atomic E-state index is 0.317. The number of likely N-dealkylation sites (tertiary alicyclic amines) is 1. The van der Waals surface area contributed by atoms with Crippen molar-refractivity contribution in [2.45, 2.75) is 51.1 Å². The Balaban J connectivity index is 1.48. The van der Waals surface area contributed by atoms with E-state index >= 15 is 0 Å². The summed E-state index contributed by atoms with van der Waals surface area (Å²) in [4.78, 5) is 21.1. The molecule has 0 unspecified atom stereocenters. The van der Waals surface area contributed by atoms with Gasteiger partial charge in [-0.3, -0.25) is 4.79 Å². The van der Waals surface area contributed by atoms with E-state index in [9.17, 15) is 4.79 Å². The number of aromatic nitrogens is 1. The summed E-state index contributed by atoms with van der Waals surface area (Å²) in [7, 11) is 0. The third-order valence-electron chi connectivity index (χ3n) is 5.64. The van der Waals surface area contributed by atoms with Gasteiger partial charge in [0.05, 0.1) is 6.42 Å². The van der Waals surface area contributed by atoms with Crippen molar-refractivity contribution < 1.29 is 4.79 Å². The van der Waals surface area contributed by atoms with Gasteiger partial charge < -0.3 is 14.8 Å². The van der Waals surface area contributed by atoms with Crippen LogP contribution in [0.3, 0.4) is 0 Å². The maximum absolute atomic E-state index is 13.1. The molecule has 0 spiro atoms. The fourth-order valence-corrected chi connectivity index (χ4v) is 4.10. The molecule has 1 amide bonds. The molecule has 0 bridgehead atoms. The average Bonchev–Trinajstić information content (AvgIpc) is 3.37. The van der Waals surface area contributed by atoms with Gasteiger partial charge in [0.25, 0.3) is 0 Å². The lowest BCUT2D eigenvalue weighted by Crippen LogP contribution is -2.48. The van der Waals surface area contributed by atoms with Gasteiger partial charge in [-0.15, -0.1) is 0 Å². The average molecular weight is 325 g/mol. The van der Waals surface area contributed by atoms with Crippen LogP contribution in [0.15, 0.2) is 30.5 Å². The first-order valence-corrected chi connectivity index (χ1v) is 9.34. The number of nitrogens with zero attached hydrogens (tertiary/aromatic N) is 2. The van der Waals surface area contributed by atoms with E-state index in [1.807, 2.05) is 18.3 Å². The minimum Gasteiger partial charge on any atom is -0.361 e. The molecule has 1 aliphatic heterocycles. The van der Waals surface area contributed by atoms with E-state index in [-0.39, 0.29) is 0 Å². The number of benzene rings is 1. The predicted octanol–water partition coefficient (Wildman–Crippen LogP) is 3.19. The predicted molar refractivity (Wildman–Crippen MR) is 97.0 cm³/mol. The third-order valence-corrected chi connectivity index (χ3v) is 5.64. The van der Waals surface area contributed by atoms with E-state index in [2.05, 4.69) is 33.8 Å². The third kappa shape index (κ3) is 3.07. The van der Waals surface area contributed by atoms with Crippen LogP contribution in [0.1, 0.15) is 38.2 Å². The summed E-state index contributed by atoms with van der Waals surface area (Å²) in [5.41, 5.74) is 2.25. The lowest BCUT2D eigenvalue weighted by Gasteiger charge is -2.38. The lowest BCUT2D eigenvalue weighted by molar-refractivity contribution is -0.134. The van der Waals surface area contributed by atoms with E-state index in [0.717, 1.165) is 43.6 Å². The molecule has 1 saturated heterocycles. The van der Waals surface area contributed by atoms with Gasteiger partial charge in [0.1, 0.15) is 0 Å². The van der Waals surface area contributed by atoms with E-state index in [1.165, 1.54) is 18.2 Å². The van der Waals surface area contributed by atoms with Gasteiger partial charge in [-0.05, 0) is 43.9 Å². The molecule has 1 aliphatic carbocycles. The molecule has 4 rings (SSSR count). The number of H-pyrrole nitrogens is 1. The molecule has 0 radical (unpaired) electrons. The Bertz CT molecular complexity index is 710. The maximum atomic E-state index is 13.1. The molecule has 128 valence electrons. The number of nitrogens with one attached hydrogen (secondary N) is 1. The minimum absolute atomic E-state index is 0.317. The van der Waals surface area contributed by atoms with Gasteiger partial charge in [0, 0.05) is 42.3 Å². The molecule has 1 saturated carbocycles. The van der Waals surface area contributed by atoms with Gasteiger partial charge in [0.15, 0.2) is 0 Å². The van der Waals surface area contributed by atoms with Crippen LogP contribution in [0.25, 0.3) is 10.9 Å². The van der Waals surface area contributed by atoms with E-state index in [0.29, 0.717) is 24.4 Å². The highest BCUT2D eigenvalue weighted by molar-refractivity contribution is 5.89. The second-order valence-corrected chi connectivity index (χ2v) is 7.23. The Kier molecular flexibility index (Phi) is 4.31. The van der Waals surface area contributed by atoms with E-state index < -0.39 is 0 Å². The number of carbonyl (C=O) groups excluding carboxylic acids is 1. The molecule has 1 N–H and O–H groups in total. The van der Waals surface area contributed by atoms with Crippen LogP contribution >= 0.6 is 0 Å². The molecule has 2 fully saturated rings. The van der Waals surface area contributed by atoms with Crippen LogP contribution in [0, 0.1) is 0 Å². The molecular weight excluding hydrogens is 298 g/mol. The van der Waals surface area contributed by atoms with Crippen molar-refractivity contribution in [1.82, 2.24) is 14.8 Å². The number of hydrogen-bond acceptors (Lipinski definition) is 2. The summed E-state index contributed by atoms with van der Waals surface area (Å²) in [6.07, 6.45) is 7.16. The fourth-order valence-electron chi connectivity index (χ4n) is 4.10. The molecule has 24 heavy (non-hydrogen) atoms. The Morgan fingerprint density at radius 3 is 2.58 bits per heavy atom. The molecule has 1 aromatic heterocycles. The molecule has 4 heteroatoms. The van der Waals surface area contributed by atoms with Gasteiger partial charge in [0.2, 0.25) is 5.91 Å². The van der Waals surface area contributed by atoms with Crippen LogP contribution in [0.5, 0.6) is 0 Å². The van der Waals surface area contributed by atoms with Crippen LogP contribution in [0.2, 0.25) is 0 Å². The summed E-state index contributed by atoms with van der Waals surface area (Å²) < 4.78 is 0. The highest BCUT2D eigenvalue weighted by Gasteiger charge is 2.38. The van der Waals surface area contributed by atoms with E-state index in [4.69, 9.17) is 0 Å². The number of aromatic amines is 1. The van der Waals surface area contributed by atoms with E-state index in [1.54, 1.807) is 0 Å². The highest BCUT2D eigenvalue weighted by Crippen LogP contribution is 2.33. The number of amides is 1. The van der Waals surface area contributed by atoms with Gasteiger partial charge in [-0.25, -0.2) is 0 Å². The van der Waals surface area contributed by atoms with Crippen molar-refractivity contribution in [3.63, 3.8) is 0 Å². The van der Waals surface area contributed by atoms with Crippen LogP contribution in [-0.4, -0.2) is 52.4 Å². The first-order valence-electron chi connectivity index (χ1n) is 9.34. The SMILES string of the molecule is CCN1CCC(N(C(=O)Cc2c[nH]c3ccccc23)C2CC2)CC1. The number of carbonyl (C=O) groups is 1. The largest absolute Gasteiger partial charge is 0.361 e. The van der Waals surface area contributed by atoms with Gasteiger partial charge in [-0.1, -0.05) is 25.1 Å². The normalized spacial score (nSPS) is 19.7. The maximum Gasteiger partial charge on any atom is 0.227 e. The van der Waals surface area contributed by atoms with Gasteiger partial charge in [-0.2, -0.15) is 0 Å². The van der Waals surface area contributed by atoms with Gasteiger partial charge >= 0.3 is 0 Å². The first-order chi connectivity index (χ1) is 11.8. The molecule has 2 aromatic rings. The van der Waals surface area contributed by atoms with Crippen molar-refractivity contribution in [3.8, 4) is 0 Å². The Hall–Kier alpha value is -1.81. The van der Waals surface area contributed by atoms with Crippen molar-refractivity contribution in [2.24, 2.45) is 0 Å². The first kappa shape index (κ1) is 15.7. The summed E-state index contributed by atoms with van der Waals surface area (Å²) in [6.45, 7) is 5.61. The topological polar surface area (TPSA) is 39.3 Å². The molecule has 0 atom stereocenters. The Morgan fingerprint density at radius 2 is 1.88 bits per heavy atom. The number of para-hydroxylation sites is 1. The zero-order valence-corrected chi connectivity index (χ0v) is 14.5. The highest BCUT2D eigenvalue weighted by atomic mass is 16.2.